The molecule has 0 heterocycles. The van der Waals surface area contributed by atoms with Gasteiger partial charge < -0.3 is 8.85 Å². The minimum atomic E-state index is -1.49. The van der Waals surface area contributed by atoms with Crippen molar-refractivity contribution in [2.45, 2.75) is 52.1 Å². The molecule has 1 aliphatic rings. The van der Waals surface area contributed by atoms with Gasteiger partial charge in [0, 0.05) is 12.5 Å². The number of allylic oxidation sites excluding steroid dienone is 3. The minimum absolute atomic E-state index is 1.01. The van der Waals surface area contributed by atoms with Gasteiger partial charge in [0.25, 0.3) is 0 Å². The third kappa shape index (κ3) is 5.56. The zero-order valence-corrected chi connectivity index (χ0v) is 13.4. The highest BCUT2D eigenvalue weighted by atomic mass is 28.4. The molecule has 1 rings (SSSR count). The molecule has 2 nitrogen and oxygen atoms in total. The zero-order valence-electron chi connectivity index (χ0n) is 11.4. The quantitative estimate of drug-likeness (QED) is 0.700. The molecule has 0 saturated heterocycles. The van der Waals surface area contributed by atoms with Gasteiger partial charge in [-0.25, -0.2) is 0 Å². The van der Waals surface area contributed by atoms with Crippen LogP contribution in [0.3, 0.4) is 0 Å². The van der Waals surface area contributed by atoms with Crippen molar-refractivity contribution in [3.05, 3.63) is 23.7 Å². The third-order valence-electron chi connectivity index (χ3n) is 1.90. The van der Waals surface area contributed by atoms with Gasteiger partial charge in [0.1, 0.15) is 5.76 Å². The van der Waals surface area contributed by atoms with Crippen molar-refractivity contribution in [1.29, 1.82) is 0 Å². The van der Waals surface area contributed by atoms with Crippen LogP contribution in [0.25, 0.3) is 0 Å². The van der Waals surface area contributed by atoms with E-state index in [4.69, 9.17) is 8.85 Å². The molecule has 1 aliphatic carbocycles. The summed E-state index contributed by atoms with van der Waals surface area (Å²) in [5, 5.41) is 0. The maximum absolute atomic E-state index is 6.02. The van der Waals surface area contributed by atoms with Crippen molar-refractivity contribution in [2.75, 3.05) is 0 Å². The van der Waals surface area contributed by atoms with E-state index in [0.29, 0.717) is 0 Å². The van der Waals surface area contributed by atoms with E-state index in [1.807, 2.05) is 0 Å². The molecule has 0 aromatic rings. The van der Waals surface area contributed by atoms with Crippen LogP contribution in [-0.4, -0.2) is 16.6 Å². The Labute approximate surface area is 102 Å². The molecule has 0 atom stereocenters. The lowest BCUT2D eigenvalue weighted by Crippen LogP contribution is -2.27. The average molecular weight is 256 g/mol. The first-order chi connectivity index (χ1) is 7.16. The predicted molar refractivity (Wildman–Crippen MR) is 74.3 cm³/mol. The van der Waals surface area contributed by atoms with Crippen LogP contribution >= 0.6 is 0 Å². The van der Waals surface area contributed by atoms with Gasteiger partial charge in [-0.1, -0.05) is 0 Å². The van der Waals surface area contributed by atoms with Gasteiger partial charge in [-0.2, -0.15) is 0 Å². The first-order valence-electron chi connectivity index (χ1n) is 5.94. The summed E-state index contributed by atoms with van der Waals surface area (Å²) < 4.78 is 12.0. The summed E-state index contributed by atoms with van der Waals surface area (Å²) in [7, 11) is -2.96. The molecule has 0 fully saturated rings. The molecule has 0 aliphatic heterocycles. The Morgan fingerprint density at radius 1 is 0.938 bits per heavy atom. The Morgan fingerprint density at radius 3 is 2.00 bits per heavy atom. The second kappa shape index (κ2) is 4.79. The zero-order chi connectivity index (χ0) is 12.4. The molecule has 92 valence electrons. The summed E-state index contributed by atoms with van der Waals surface area (Å²) in [5.41, 5.74) is 0. The molecule has 4 heteroatoms. The molecule has 0 bridgehead atoms. The minimum Gasteiger partial charge on any atom is -0.547 e. The lowest BCUT2D eigenvalue weighted by atomic mass is 10.1. The molecular formula is C12H24O2Si2. The standard InChI is InChI=1S/C12H24O2Si2/c1-15(2,3)13-11-8-7-9-12(10-11)14-16(4,5)6/h8,10H,7,9H2,1-6H3. The molecule has 16 heavy (non-hydrogen) atoms. The molecule has 0 saturated carbocycles. The summed E-state index contributed by atoms with van der Waals surface area (Å²) in [5.74, 6) is 2.12. The summed E-state index contributed by atoms with van der Waals surface area (Å²) in [4.78, 5) is 0. The molecular weight excluding hydrogens is 232 g/mol. The van der Waals surface area contributed by atoms with Crippen molar-refractivity contribution < 1.29 is 8.85 Å². The van der Waals surface area contributed by atoms with E-state index < -0.39 is 16.6 Å². The largest absolute Gasteiger partial charge is 0.547 e. The summed E-state index contributed by atoms with van der Waals surface area (Å²) in [6, 6.07) is 0. The number of rotatable bonds is 4. The fourth-order valence-electron chi connectivity index (χ4n) is 1.54. The smallest absolute Gasteiger partial charge is 0.242 e. The van der Waals surface area contributed by atoms with Crippen molar-refractivity contribution in [1.82, 2.24) is 0 Å². The maximum Gasteiger partial charge on any atom is 0.242 e. The average Bonchev–Trinajstić information content (AvgIpc) is 1.96. The van der Waals surface area contributed by atoms with Crippen LogP contribution in [0.1, 0.15) is 12.8 Å². The van der Waals surface area contributed by atoms with Crippen LogP contribution in [-0.2, 0) is 8.85 Å². The lowest BCUT2D eigenvalue weighted by Gasteiger charge is -2.26. The molecule has 0 radical (unpaired) electrons. The van der Waals surface area contributed by atoms with Crippen LogP contribution in [0, 0.1) is 0 Å². The van der Waals surface area contributed by atoms with Crippen molar-refractivity contribution in [3.63, 3.8) is 0 Å². The third-order valence-corrected chi connectivity index (χ3v) is 3.62. The van der Waals surface area contributed by atoms with Crippen LogP contribution < -0.4 is 0 Å². The van der Waals surface area contributed by atoms with E-state index in [1.54, 1.807) is 0 Å². The van der Waals surface area contributed by atoms with Gasteiger partial charge in [0.2, 0.25) is 16.6 Å². The molecule has 0 N–H and O–H groups in total. The van der Waals surface area contributed by atoms with Crippen LogP contribution in [0.2, 0.25) is 39.3 Å². The van der Waals surface area contributed by atoms with Gasteiger partial charge >= 0.3 is 0 Å². The molecule has 0 spiro atoms. The fraction of sp³-hybridized carbons (Fsp3) is 0.667. The Bertz CT molecular complexity index is 306. The van der Waals surface area contributed by atoms with Crippen molar-refractivity contribution in [2.24, 2.45) is 0 Å². The van der Waals surface area contributed by atoms with E-state index >= 15 is 0 Å². The first-order valence-corrected chi connectivity index (χ1v) is 12.8. The monoisotopic (exact) mass is 256 g/mol. The lowest BCUT2D eigenvalue weighted by molar-refractivity contribution is 0.376. The fourth-order valence-corrected chi connectivity index (χ4v) is 3.34. The highest BCUT2D eigenvalue weighted by Crippen LogP contribution is 2.24. The molecule has 0 amide bonds. The SMILES string of the molecule is C[Si](C)(C)OC1=CCCC(O[Si](C)(C)C)=C1. The van der Waals surface area contributed by atoms with Gasteiger partial charge in [-0.15, -0.1) is 0 Å². The van der Waals surface area contributed by atoms with Gasteiger partial charge in [-0.05, 0) is 51.8 Å². The van der Waals surface area contributed by atoms with Crippen LogP contribution in [0.15, 0.2) is 23.7 Å². The molecule has 0 aromatic heterocycles. The Balaban J connectivity index is 2.66. The first kappa shape index (κ1) is 13.6. The summed E-state index contributed by atoms with van der Waals surface area (Å²) >= 11 is 0. The Hall–Kier alpha value is -0.486. The van der Waals surface area contributed by atoms with Gasteiger partial charge in [0.15, 0.2) is 0 Å². The summed E-state index contributed by atoms with van der Waals surface area (Å²) in [6.07, 6.45) is 6.31. The topological polar surface area (TPSA) is 18.5 Å². The number of hydrogen-bond donors (Lipinski definition) is 0. The van der Waals surface area contributed by atoms with E-state index in [2.05, 4.69) is 51.4 Å². The highest BCUT2D eigenvalue weighted by molar-refractivity contribution is 6.70. The predicted octanol–water partition coefficient (Wildman–Crippen LogP) is 4.25. The van der Waals surface area contributed by atoms with E-state index in [-0.39, 0.29) is 0 Å². The summed E-state index contributed by atoms with van der Waals surface area (Å²) in [6.45, 7) is 13.3. The van der Waals surface area contributed by atoms with E-state index in [1.165, 1.54) is 0 Å². The molecule has 0 aromatic carbocycles. The molecule has 0 unspecified atom stereocenters. The van der Waals surface area contributed by atoms with Crippen molar-refractivity contribution >= 4 is 16.6 Å². The maximum atomic E-state index is 6.02. The van der Waals surface area contributed by atoms with Gasteiger partial charge in [-0.3, -0.25) is 0 Å². The van der Waals surface area contributed by atoms with E-state index in [9.17, 15) is 0 Å². The van der Waals surface area contributed by atoms with E-state index in [0.717, 1.165) is 24.4 Å². The Morgan fingerprint density at radius 2 is 1.50 bits per heavy atom. The second-order valence-corrected chi connectivity index (χ2v) is 15.0. The Kier molecular flexibility index (Phi) is 4.07. The van der Waals surface area contributed by atoms with Crippen molar-refractivity contribution in [3.8, 4) is 0 Å². The van der Waals surface area contributed by atoms with Gasteiger partial charge in [0.05, 0.1) is 5.76 Å². The second-order valence-electron chi connectivity index (χ2n) is 6.18. The van der Waals surface area contributed by atoms with Crippen LogP contribution in [0.5, 0.6) is 0 Å². The number of hydrogen-bond acceptors (Lipinski definition) is 2. The van der Waals surface area contributed by atoms with Crippen LogP contribution in [0.4, 0.5) is 0 Å². The normalized spacial score (nSPS) is 17.6. The highest BCUT2D eigenvalue weighted by Gasteiger charge is 2.21.